The molecule has 0 bridgehead atoms. The maximum atomic E-state index is 6.52. The minimum Gasteiger partial charge on any atom is -0.455 e. The lowest BCUT2D eigenvalue weighted by atomic mass is 9.95. The van der Waals surface area contributed by atoms with Crippen LogP contribution < -0.4 is 0 Å². The summed E-state index contributed by atoms with van der Waals surface area (Å²) in [5, 5.41) is 13.4. The summed E-state index contributed by atoms with van der Waals surface area (Å²) in [4.78, 5) is 46.3. The molecule has 0 aliphatic rings. The molecular weight excluding hydrogens is 1740 g/mol. The summed E-state index contributed by atoms with van der Waals surface area (Å²) < 4.78 is 15.5. The second-order valence-electron chi connectivity index (χ2n) is 34.9. The number of hydrogen-bond acceptors (Lipinski definition) is 12. The van der Waals surface area contributed by atoms with Crippen LogP contribution in [0.3, 0.4) is 0 Å². The molecule has 0 spiro atoms. The largest absolute Gasteiger partial charge is 0.455 e. The minimum atomic E-state index is 0.596. The topological polar surface area (TPSA) is 142 Å². The van der Waals surface area contributed by atoms with Crippen molar-refractivity contribution in [3.8, 4) is 169 Å². The van der Waals surface area contributed by atoms with Crippen molar-refractivity contribution in [2.45, 2.75) is 0 Å². The Morgan fingerprint density at radius 3 is 0.844 bits per heavy atom. The van der Waals surface area contributed by atoms with Crippen LogP contribution in [-0.2, 0) is 0 Å². The highest BCUT2D eigenvalue weighted by molar-refractivity contribution is 7.26. The average molecular weight is 1820 g/mol. The number of hydrogen-bond donors (Lipinski definition) is 0. The fraction of sp³-hybridized carbons (Fsp3) is 0. The Labute approximate surface area is 816 Å². The normalized spacial score (nSPS) is 11.4. The first-order valence-electron chi connectivity index (χ1n) is 47.1. The van der Waals surface area contributed by atoms with Crippen molar-refractivity contribution < 1.29 is 8.83 Å². The first-order chi connectivity index (χ1) is 69.8. The zero-order chi connectivity index (χ0) is 93.5. The van der Waals surface area contributed by atoms with Crippen molar-refractivity contribution >= 4 is 108 Å². The molecule has 27 rings (SSSR count). The van der Waals surface area contributed by atoms with Gasteiger partial charge in [0.05, 0.1) is 0 Å². The van der Waals surface area contributed by atoms with Gasteiger partial charge in [-0.3, -0.25) is 0 Å². The van der Waals surface area contributed by atoms with E-state index in [4.69, 9.17) is 53.7 Å². The number of aromatic nitrogens is 9. The molecule has 0 N–H and O–H groups in total. The molecule has 0 radical (unpaired) electrons. The standard InChI is InChI=1S/2C43H27N3O.C43H27N3S/c1-4-13-28(14-5-1)32-25-33(29-15-6-2-7-16-29)27-34(26-32)42-44-41(31-18-8-3-9-19-31)45-43(46-42)37-21-12-22-38-39(37)36-24-23-30-17-10-11-20-35(30)40(36)47-38;1-4-13-28(14-5-1)32-25-33(29-15-6-2-7-16-29)27-34(26-32)42-44-41(31-17-8-3-9-18-31)45-43(46-42)37-21-12-19-30-23-24-36-35-20-10-11-22-38(35)47-40(36)39(30)37;1-4-13-28(14-5-1)32-25-33(29-15-6-2-7-16-29)27-34(26-32)42-44-41(31-18-8-3-9-19-31)45-43(46-42)37-21-12-22-38-39(37)36-24-23-30-17-10-11-20-35(30)40(36)47-38/h3*1-27H. The van der Waals surface area contributed by atoms with E-state index in [9.17, 15) is 0 Å². The lowest BCUT2D eigenvalue weighted by Crippen LogP contribution is -2.01. The molecule has 0 amide bonds. The van der Waals surface area contributed by atoms with Gasteiger partial charge in [-0.15, -0.1) is 11.3 Å². The van der Waals surface area contributed by atoms with Crippen LogP contribution in [0.4, 0.5) is 0 Å². The average Bonchev–Trinajstić information content (AvgIpc) is 1.61. The van der Waals surface area contributed by atoms with Gasteiger partial charge in [-0.05, 0) is 173 Å². The van der Waals surface area contributed by atoms with E-state index in [1.165, 1.54) is 30.9 Å². The Hall–Kier alpha value is -18.8. The first kappa shape index (κ1) is 84.0. The van der Waals surface area contributed by atoms with Gasteiger partial charge in [-0.25, -0.2) is 44.9 Å². The van der Waals surface area contributed by atoms with E-state index in [0.29, 0.717) is 52.4 Å². The summed E-state index contributed by atoms with van der Waals surface area (Å²) in [5.41, 5.74) is 25.2. The Bertz CT molecular complexity index is 8870. The number of fused-ring (bicyclic) bond motifs is 15. The van der Waals surface area contributed by atoms with Crippen LogP contribution in [0.2, 0.25) is 0 Å². The van der Waals surface area contributed by atoms with Crippen LogP contribution in [-0.4, -0.2) is 44.9 Å². The highest BCUT2D eigenvalue weighted by Crippen LogP contribution is 2.47. The van der Waals surface area contributed by atoms with E-state index in [2.05, 4.69) is 340 Å². The molecule has 0 fully saturated rings. The van der Waals surface area contributed by atoms with Gasteiger partial charge in [0, 0.05) is 103 Å². The van der Waals surface area contributed by atoms with Gasteiger partial charge in [0.25, 0.3) is 0 Å². The molecule has 0 saturated heterocycles. The maximum absolute atomic E-state index is 6.52. The van der Waals surface area contributed by atoms with Gasteiger partial charge in [0.2, 0.25) is 0 Å². The fourth-order valence-corrected chi connectivity index (χ4v) is 20.6. The van der Waals surface area contributed by atoms with Crippen LogP contribution >= 0.6 is 11.3 Å². The van der Waals surface area contributed by atoms with E-state index in [1.54, 1.807) is 0 Å². The van der Waals surface area contributed by atoms with Gasteiger partial charge in [-0.1, -0.05) is 406 Å². The second kappa shape index (κ2) is 36.8. The number of nitrogens with zero attached hydrogens (tertiary/aromatic N) is 9. The Morgan fingerprint density at radius 2 is 0.426 bits per heavy atom. The third-order valence-electron chi connectivity index (χ3n) is 26.1. The van der Waals surface area contributed by atoms with E-state index >= 15 is 0 Å². The summed E-state index contributed by atoms with van der Waals surface area (Å²) in [5.74, 6) is 5.61. The van der Waals surface area contributed by atoms with Crippen LogP contribution in [0.15, 0.2) is 500 Å². The van der Waals surface area contributed by atoms with Crippen molar-refractivity contribution in [2.75, 3.05) is 0 Å². The van der Waals surface area contributed by atoms with Gasteiger partial charge >= 0.3 is 0 Å². The monoisotopic (exact) mass is 1820 g/mol. The molecule has 21 aromatic carbocycles. The van der Waals surface area contributed by atoms with E-state index in [1.807, 2.05) is 163 Å². The van der Waals surface area contributed by atoms with Crippen LogP contribution in [0, 0.1) is 0 Å². The molecule has 12 heteroatoms. The lowest BCUT2D eigenvalue weighted by molar-refractivity contribution is 0.672. The smallest absolute Gasteiger partial charge is 0.164 e. The molecule has 660 valence electrons. The summed E-state index contributed by atoms with van der Waals surface area (Å²) in [6.45, 7) is 0. The maximum Gasteiger partial charge on any atom is 0.164 e. The first-order valence-corrected chi connectivity index (χ1v) is 47.9. The van der Waals surface area contributed by atoms with Gasteiger partial charge in [-0.2, -0.15) is 0 Å². The number of benzene rings is 21. The summed E-state index contributed by atoms with van der Waals surface area (Å²) >= 11 is 1.83. The van der Waals surface area contributed by atoms with Crippen molar-refractivity contribution in [3.05, 3.63) is 491 Å². The minimum absolute atomic E-state index is 0.596. The van der Waals surface area contributed by atoms with E-state index < -0.39 is 0 Å². The molecular formula is C129H81N9O2S. The molecule has 6 heterocycles. The van der Waals surface area contributed by atoms with E-state index in [-0.39, 0.29) is 0 Å². The van der Waals surface area contributed by atoms with Crippen molar-refractivity contribution in [1.29, 1.82) is 0 Å². The molecule has 27 aromatic rings. The Morgan fingerprint density at radius 1 is 0.149 bits per heavy atom. The van der Waals surface area contributed by atoms with Crippen molar-refractivity contribution in [2.24, 2.45) is 0 Å². The predicted octanol–water partition coefficient (Wildman–Crippen LogP) is 34.2. The number of thiophene rings is 1. The molecule has 11 nitrogen and oxygen atoms in total. The third kappa shape index (κ3) is 16.5. The number of rotatable bonds is 15. The molecule has 6 aromatic heterocycles. The molecule has 0 saturated carbocycles. The molecule has 141 heavy (non-hydrogen) atoms. The number of furan rings is 2. The van der Waals surface area contributed by atoms with Crippen LogP contribution in [0.1, 0.15) is 0 Å². The highest BCUT2D eigenvalue weighted by atomic mass is 32.1. The quantitative estimate of drug-likeness (QED) is 0.0968. The summed E-state index contributed by atoms with van der Waals surface area (Å²) in [7, 11) is 0. The zero-order valence-electron chi connectivity index (χ0n) is 76.0. The third-order valence-corrected chi connectivity index (χ3v) is 27.3. The SMILES string of the molecule is c1ccc(-c2cc(-c3ccccc3)cc(-c3nc(-c4ccccc4)nc(-c4cccc5ccc6c7ccccc7oc6c45)n3)c2)cc1.c1ccc(-c2cc(-c3ccccc3)cc(-c3nc(-c4ccccc4)nc(-c4cccc5oc6c7ccccc7ccc6c45)n3)c2)cc1.c1ccc(-c2cc(-c3ccccc3)cc(-c3nc(-c4ccccc4)nc(-c4cccc5sc6c7ccccc7ccc6c45)n3)c2)cc1. The fourth-order valence-electron chi connectivity index (χ4n) is 19.3. The van der Waals surface area contributed by atoms with Gasteiger partial charge < -0.3 is 8.83 Å². The zero-order valence-corrected chi connectivity index (χ0v) is 76.8. The lowest BCUT2D eigenvalue weighted by Gasteiger charge is -2.13. The van der Waals surface area contributed by atoms with E-state index in [0.717, 1.165) is 182 Å². The van der Waals surface area contributed by atoms with Crippen molar-refractivity contribution in [1.82, 2.24) is 44.9 Å². The molecule has 0 unspecified atom stereocenters. The van der Waals surface area contributed by atoms with Crippen molar-refractivity contribution in [3.63, 3.8) is 0 Å². The summed E-state index contributed by atoms with van der Waals surface area (Å²) in [6.07, 6.45) is 0. The summed E-state index contributed by atoms with van der Waals surface area (Å²) in [6, 6.07) is 170. The Balaban J connectivity index is 0.000000111. The second-order valence-corrected chi connectivity index (χ2v) is 36.0. The van der Waals surface area contributed by atoms with Crippen LogP contribution in [0.25, 0.3) is 266 Å². The molecule has 0 atom stereocenters. The van der Waals surface area contributed by atoms with Crippen LogP contribution in [0.5, 0.6) is 0 Å². The van der Waals surface area contributed by atoms with Gasteiger partial charge in [0.1, 0.15) is 22.3 Å². The predicted molar refractivity (Wildman–Crippen MR) is 581 cm³/mol. The number of para-hydroxylation sites is 1. The molecule has 0 aliphatic heterocycles. The Kier molecular flexibility index (Phi) is 21.9. The highest BCUT2D eigenvalue weighted by Gasteiger charge is 2.26. The van der Waals surface area contributed by atoms with Gasteiger partial charge in [0.15, 0.2) is 52.4 Å². The molecule has 0 aliphatic carbocycles.